The van der Waals surface area contributed by atoms with Crippen LogP contribution in [0.3, 0.4) is 0 Å². The zero-order chi connectivity index (χ0) is 24.9. The predicted octanol–water partition coefficient (Wildman–Crippen LogP) is 8.30. The van der Waals surface area contributed by atoms with E-state index in [-0.39, 0.29) is 0 Å². The molecule has 0 spiro atoms. The summed E-state index contributed by atoms with van der Waals surface area (Å²) in [6.45, 7) is 2.25. The van der Waals surface area contributed by atoms with Gasteiger partial charge in [0.2, 0.25) is 0 Å². The van der Waals surface area contributed by atoms with Crippen LogP contribution in [0.4, 0.5) is 0 Å². The smallest absolute Gasteiger partial charge is 0.167 e. The maximum absolute atomic E-state index is 6.49. The minimum atomic E-state index is 0.585. The average molecular weight is 527 g/mol. The molecule has 0 saturated heterocycles. The molecule has 0 aliphatic heterocycles. The van der Waals surface area contributed by atoms with E-state index in [1.165, 1.54) is 16.5 Å². The van der Waals surface area contributed by atoms with Crippen molar-refractivity contribution in [2.45, 2.75) is 13.0 Å². The highest BCUT2D eigenvalue weighted by Gasteiger charge is 2.18. The maximum Gasteiger partial charge on any atom is 0.167 e. The number of aromatic nitrogens is 3. The molecule has 5 nitrogen and oxygen atoms in total. The van der Waals surface area contributed by atoms with Crippen LogP contribution in [0.1, 0.15) is 12.0 Å². The summed E-state index contributed by atoms with van der Waals surface area (Å²) in [6.07, 6.45) is 2.95. The Labute approximate surface area is 222 Å². The van der Waals surface area contributed by atoms with Gasteiger partial charge >= 0.3 is 0 Å². The van der Waals surface area contributed by atoms with Gasteiger partial charge in [-0.1, -0.05) is 41.4 Å². The van der Waals surface area contributed by atoms with Crippen LogP contribution >= 0.6 is 23.2 Å². The van der Waals surface area contributed by atoms with Crippen LogP contribution in [-0.2, 0) is 6.54 Å². The van der Waals surface area contributed by atoms with Crippen molar-refractivity contribution in [2.75, 3.05) is 13.2 Å². The summed E-state index contributed by atoms with van der Waals surface area (Å²) in [6, 6.07) is 22.4. The van der Waals surface area contributed by atoms with Gasteiger partial charge in [0.15, 0.2) is 5.75 Å². The van der Waals surface area contributed by atoms with Crippen molar-refractivity contribution in [1.82, 2.24) is 20.3 Å². The first-order valence-electron chi connectivity index (χ1n) is 12.4. The Morgan fingerprint density at radius 1 is 0.703 bits per heavy atom. The lowest BCUT2D eigenvalue weighted by Crippen LogP contribution is -2.17. The molecule has 37 heavy (non-hydrogen) atoms. The SMILES string of the molecule is Clc1ccc2[nH]c3c(OCCCNCc4c[nH]c5ccccc45)c4[nH]c5ccc(Cl)cc5c4cc3c2c1. The van der Waals surface area contributed by atoms with E-state index >= 15 is 0 Å². The largest absolute Gasteiger partial charge is 0.489 e. The molecule has 0 aliphatic rings. The van der Waals surface area contributed by atoms with Crippen molar-refractivity contribution >= 4 is 77.7 Å². The Kier molecular flexibility index (Phi) is 5.50. The fraction of sp³-hybridized carbons (Fsp3) is 0.133. The van der Waals surface area contributed by atoms with Gasteiger partial charge in [-0.15, -0.1) is 0 Å². The standard InChI is InChI=1S/C30H24Cl2N4O/c31-18-6-8-26-21(12-18)23-14-24-22-13-19(32)7-9-27(22)36-29(24)30(28(23)35-26)37-11-3-10-33-15-17-16-34-25-5-2-1-4-20(17)25/h1-2,4-9,12-14,16,33-36H,3,10-11,15H2. The van der Waals surface area contributed by atoms with Gasteiger partial charge in [0, 0.05) is 66.3 Å². The van der Waals surface area contributed by atoms with Gasteiger partial charge in [-0.2, -0.15) is 0 Å². The minimum absolute atomic E-state index is 0.585. The Morgan fingerprint density at radius 3 is 2.08 bits per heavy atom. The lowest BCUT2D eigenvalue weighted by Gasteiger charge is -2.10. The number of H-pyrrole nitrogens is 3. The molecule has 0 fully saturated rings. The van der Waals surface area contributed by atoms with Gasteiger partial charge < -0.3 is 25.0 Å². The van der Waals surface area contributed by atoms with Gasteiger partial charge in [0.1, 0.15) is 0 Å². The van der Waals surface area contributed by atoms with Crippen LogP contribution in [-0.4, -0.2) is 28.1 Å². The fourth-order valence-corrected chi connectivity index (χ4v) is 5.66. The number of nitrogens with one attached hydrogen (secondary N) is 4. The summed E-state index contributed by atoms with van der Waals surface area (Å²) < 4.78 is 6.49. The van der Waals surface area contributed by atoms with E-state index in [0.717, 1.165) is 68.9 Å². The molecule has 0 saturated carbocycles. The minimum Gasteiger partial charge on any atom is -0.489 e. The van der Waals surface area contributed by atoms with E-state index in [1.54, 1.807) is 0 Å². The van der Waals surface area contributed by atoms with Gasteiger partial charge in [0.05, 0.1) is 17.6 Å². The first kappa shape index (κ1) is 22.5. The number of hydrogen-bond acceptors (Lipinski definition) is 2. The van der Waals surface area contributed by atoms with Crippen LogP contribution in [0.15, 0.2) is 72.9 Å². The summed E-state index contributed by atoms with van der Waals surface area (Å²) in [7, 11) is 0. The third-order valence-corrected chi connectivity index (χ3v) is 7.55. The molecule has 7 rings (SSSR count). The van der Waals surface area contributed by atoms with Gasteiger partial charge in [-0.05, 0) is 67.1 Å². The van der Waals surface area contributed by atoms with Crippen LogP contribution in [0.2, 0.25) is 10.0 Å². The molecule has 3 aromatic heterocycles. The Hall–Kier alpha value is -3.64. The van der Waals surface area contributed by atoms with Crippen LogP contribution in [0.25, 0.3) is 54.5 Å². The third kappa shape index (κ3) is 3.91. The van der Waals surface area contributed by atoms with Gasteiger partial charge in [0.25, 0.3) is 0 Å². The third-order valence-electron chi connectivity index (χ3n) is 7.08. The molecule has 0 bridgehead atoms. The van der Waals surface area contributed by atoms with E-state index in [9.17, 15) is 0 Å². The summed E-state index contributed by atoms with van der Waals surface area (Å²) in [4.78, 5) is 10.5. The van der Waals surface area contributed by atoms with E-state index in [2.05, 4.69) is 50.7 Å². The molecule has 4 N–H and O–H groups in total. The first-order valence-corrected chi connectivity index (χ1v) is 13.1. The van der Waals surface area contributed by atoms with Gasteiger partial charge in [-0.3, -0.25) is 0 Å². The normalized spacial score (nSPS) is 12.1. The Balaban J connectivity index is 1.18. The summed E-state index contributed by atoms with van der Waals surface area (Å²) in [5.41, 5.74) is 6.43. The highest BCUT2D eigenvalue weighted by atomic mass is 35.5. The van der Waals surface area contributed by atoms with Gasteiger partial charge in [-0.25, -0.2) is 0 Å². The molecule has 0 amide bonds. The molecule has 7 aromatic rings. The predicted molar refractivity (Wildman–Crippen MR) is 155 cm³/mol. The molecule has 4 aromatic carbocycles. The number of fused-ring (bicyclic) bond motifs is 7. The van der Waals surface area contributed by atoms with E-state index in [4.69, 9.17) is 27.9 Å². The maximum atomic E-state index is 6.49. The lowest BCUT2D eigenvalue weighted by atomic mass is 10.1. The fourth-order valence-electron chi connectivity index (χ4n) is 5.31. The van der Waals surface area contributed by atoms with Crippen molar-refractivity contribution in [3.8, 4) is 5.75 Å². The second-order valence-electron chi connectivity index (χ2n) is 9.42. The Bertz CT molecular complexity index is 1840. The van der Waals surface area contributed by atoms with Crippen molar-refractivity contribution in [2.24, 2.45) is 0 Å². The second kappa shape index (κ2) is 9.03. The average Bonchev–Trinajstić information content (AvgIpc) is 3.59. The number of aromatic amines is 3. The first-order chi connectivity index (χ1) is 18.2. The van der Waals surface area contributed by atoms with Crippen molar-refractivity contribution in [1.29, 1.82) is 0 Å². The molecule has 7 heteroatoms. The van der Waals surface area contributed by atoms with Crippen LogP contribution < -0.4 is 10.1 Å². The molecule has 0 unspecified atom stereocenters. The summed E-state index contributed by atoms with van der Waals surface area (Å²) in [5, 5.41) is 10.5. The summed E-state index contributed by atoms with van der Waals surface area (Å²) in [5.74, 6) is 0.823. The zero-order valence-electron chi connectivity index (χ0n) is 19.9. The number of halogens is 2. The number of para-hydroxylation sites is 1. The quantitative estimate of drug-likeness (QED) is 0.158. The molecule has 0 radical (unpaired) electrons. The monoisotopic (exact) mass is 526 g/mol. The van der Waals surface area contributed by atoms with Crippen molar-refractivity contribution < 1.29 is 4.74 Å². The molecule has 0 aliphatic carbocycles. The lowest BCUT2D eigenvalue weighted by molar-refractivity contribution is 0.314. The second-order valence-corrected chi connectivity index (χ2v) is 10.3. The topological polar surface area (TPSA) is 68.6 Å². The number of rotatable bonds is 7. The molecule has 0 atom stereocenters. The van der Waals surface area contributed by atoms with Crippen LogP contribution in [0.5, 0.6) is 5.75 Å². The number of hydrogen-bond donors (Lipinski definition) is 4. The summed E-state index contributed by atoms with van der Waals surface area (Å²) >= 11 is 12.7. The number of ether oxygens (including phenoxy) is 1. The van der Waals surface area contributed by atoms with E-state index < -0.39 is 0 Å². The van der Waals surface area contributed by atoms with Crippen molar-refractivity contribution in [3.63, 3.8) is 0 Å². The zero-order valence-corrected chi connectivity index (χ0v) is 21.4. The van der Waals surface area contributed by atoms with Crippen molar-refractivity contribution in [3.05, 3.63) is 88.5 Å². The molecular formula is C30H24Cl2N4O. The number of benzene rings is 4. The molecule has 184 valence electrons. The van der Waals surface area contributed by atoms with E-state index in [0.29, 0.717) is 16.7 Å². The molecule has 3 heterocycles. The highest BCUT2D eigenvalue weighted by molar-refractivity contribution is 6.33. The van der Waals surface area contributed by atoms with Crippen LogP contribution in [0, 0.1) is 0 Å². The van der Waals surface area contributed by atoms with E-state index in [1.807, 2.05) is 42.5 Å². The highest BCUT2D eigenvalue weighted by Crippen LogP contribution is 2.41. The Morgan fingerprint density at radius 2 is 1.38 bits per heavy atom. The molecular weight excluding hydrogens is 503 g/mol.